The molecule has 0 unspecified atom stereocenters. The van der Waals surface area contributed by atoms with Crippen LogP contribution in [0.15, 0.2) is 0 Å². The Morgan fingerprint density at radius 2 is 1.87 bits per heavy atom. The molecule has 0 amide bonds. The van der Waals surface area contributed by atoms with Gasteiger partial charge in [0.25, 0.3) is 5.92 Å². The van der Waals surface area contributed by atoms with E-state index in [2.05, 4.69) is 4.74 Å². The van der Waals surface area contributed by atoms with Crippen LogP contribution >= 0.6 is 0 Å². The highest BCUT2D eigenvalue weighted by atomic mass is 19.3. The van der Waals surface area contributed by atoms with Gasteiger partial charge in [-0.25, -0.2) is 8.78 Å². The summed E-state index contributed by atoms with van der Waals surface area (Å²) in [5, 5.41) is 10.1. The van der Waals surface area contributed by atoms with Crippen LogP contribution in [-0.2, 0) is 9.53 Å². The molecule has 5 heteroatoms. The minimum Gasteiger partial charge on any atom is -0.469 e. The zero-order chi connectivity index (χ0) is 11.3. The average molecular weight is 220 g/mol. The van der Waals surface area contributed by atoms with Crippen LogP contribution in [0.2, 0.25) is 0 Å². The lowest BCUT2D eigenvalue weighted by atomic mass is 9.50. The van der Waals surface area contributed by atoms with Crippen molar-refractivity contribution >= 4 is 5.97 Å². The van der Waals surface area contributed by atoms with Gasteiger partial charge in [0.05, 0.1) is 12.7 Å². The number of ether oxygens (including phenoxy) is 1. The number of hydrogen-bond acceptors (Lipinski definition) is 3. The Balaban J connectivity index is 2.23. The lowest BCUT2D eigenvalue weighted by Gasteiger charge is -2.57. The van der Waals surface area contributed by atoms with Crippen LogP contribution < -0.4 is 0 Å². The fourth-order valence-corrected chi connectivity index (χ4v) is 2.68. The maximum atomic E-state index is 12.9. The Labute approximate surface area is 86.4 Å². The van der Waals surface area contributed by atoms with Gasteiger partial charge in [0.1, 0.15) is 5.41 Å². The Kier molecular flexibility index (Phi) is 2.09. The van der Waals surface area contributed by atoms with Gasteiger partial charge >= 0.3 is 5.97 Å². The molecule has 1 N–H and O–H groups in total. The summed E-state index contributed by atoms with van der Waals surface area (Å²) in [6.45, 7) is 0. The average Bonchev–Trinajstić information content (AvgIpc) is 2.08. The fraction of sp³-hybridized carbons (Fsp3) is 0.900. The van der Waals surface area contributed by atoms with Crippen LogP contribution in [-0.4, -0.2) is 29.7 Å². The summed E-state index contributed by atoms with van der Waals surface area (Å²) in [6.07, 6.45) is 0.448. The van der Waals surface area contributed by atoms with Crippen molar-refractivity contribution in [3.05, 3.63) is 0 Å². The van der Waals surface area contributed by atoms with E-state index < -0.39 is 35.7 Å². The number of carbonyl (C=O) groups excluding carboxylic acids is 1. The number of hydrogen-bond donors (Lipinski definition) is 1. The van der Waals surface area contributed by atoms with Crippen molar-refractivity contribution in [1.29, 1.82) is 0 Å². The second-order valence-electron chi connectivity index (χ2n) is 4.67. The summed E-state index contributed by atoms with van der Waals surface area (Å²) >= 11 is 0. The molecule has 0 aliphatic heterocycles. The van der Waals surface area contributed by atoms with Crippen molar-refractivity contribution in [2.45, 2.75) is 43.6 Å². The van der Waals surface area contributed by atoms with E-state index in [4.69, 9.17) is 0 Å². The van der Waals surface area contributed by atoms with Crippen molar-refractivity contribution in [2.24, 2.45) is 5.41 Å². The number of rotatable bonds is 2. The van der Waals surface area contributed by atoms with Crippen LogP contribution in [0.1, 0.15) is 32.1 Å². The Morgan fingerprint density at radius 1 is 1.33 bits per heavy atom. The molecule has 0 heterocycles. The molecular formula is C10H14F2O3. The minimum atomic E-state index is -2.83. The Morgan fingerprint density at radius 3 is 2.13 bits per heavy atom. The Hall–Kier alpha value is -0.710. The number of alkyl halides is 2. The first-order chi connectivity index (χ1) is 6.85. The SMILES string of the molecule is COC(=O)C1(C2(O)CCC2)CC(F)(F)C1. The number of aliphatic hydroxyl groups is 1. The highest BCUT2D eigenvalue weighted by Gasteiger charge is 2.71. The molecule has 2 rings (SSSR count). The van der Waals surface area contributed by atoms with Gasteiger partial charge in [-0.3, -0.25) is 4.79 Å². The van der Waals surface area contributed by atoms with E-state index in [0.717, 1.165) is 6.42 Å². The molecule has 0 aromatic heterocycles. The van der Waals surface area contributed by atoms with E-state index in [0.29, 0.717) is 12.8 Å². The van der Waals surface area contributed by atoms with Crippen LogP contribution in [0.4, 0.5) is 8.78 Å². The number of carbonyl (C=O) groups is 1. The molecule has 0 radical (unpaired) electrons. The first-order valence-electron chi connectivity index (χ1n) is 5.04. The lowest BCUT2D eigenvalue weighted by Crippen LogP contribution is -2.67. The molecule has 0 saturated heterocycles. The van der Waals surface area contributed by atoms with Gasteiger partial charge in [0, 0.05) is 12.8 Å². The van der Waals surface area contributed by atoms with Crippen LogP contribution in [0.25, 0.3) is 0 Å². The molecule has 0 spiro atoms. The molecule has 0 atom stereocenters. The molecule has 0 bridgehead atoms. The predicted octanol–water partition coefficient (Wildman–Crippen LogP) is 1.49. The van der Waals surface area contributed by atoms with E-state index in [1.165, 1.54) is 7.11 Å². The lowest BCUT2D eigenvalue weighted by molar-refractivity contribution is -0.262. The molecule has 15 heavy (non-hydrogen) atoms. The monoisotopic (exact) mass is 220 g/mol. The van der Waals surface area contributed by atoms with Gasteiger partial charge < -0.3 is 9.84 Å². The number of methoxy groups -OCH3 is 1. The summed E-state index contributed by atoms with van der Waals surface area (Å²) in [5.41, 5.74) is -2.62. The zero-order valence-corrected chi connectivity index (χ0v) is 8.56. The minimum absolute atomic E-state index is 0.415. The summed E-state index contributed by atoms with van der Waals surface area (Å²) in [6, 6.07) is 0. The summed E-state index contributed by atoms with van der Waals surface area (Å²) in [4.78, 5) is 11.5. The maximum absolute atomic E-state index is 12.9. The zero-order valence-electron chi connectivity index (χ0n) is 8.56. The summed E-state index contributed by atoms with van der Waals surface area (Å²) in [5.74, 6) is -3.53. The molecule has 2 saturated carbocycles. The van der Waals surface area contributed by atoms with Gasteiger partial charge in [-0.2, -0.15) is 0 Å². The topological polar surface area (TPSA) is 46.5 Å². The van der Waals surface area contributed by atoms with Crippen LogP contribution in [0.5, 0.6) is 0 Å². The maximum Gasteiger partial charge on any atom is 0.315 e. The molecule has 3 nitrogen and oxygen atoms in total. The molecular weight excluding hydrogens is 206 g/mol. The quantitative estimate of drug-likeness (QED) is 0.717. The first-order valence-corrected chi connectivity index (χ1v) is 5.04. The third-order valence-electron chi connectivity index (χ3n) is 3.77. The standard InChI is InChI=1S/C10H14F2O3/c1-15-7(13)8(5-10(11,12)6-8)9(14)3-2-4-9/h14H,2-6H2,1H3. The molecule has 86 valence electrons. The van der Waals surface area contributed by atoms with Crippen molar-refractivity contribution in [2.75, 3.05) is 7.11 Å². The fourth-order valence-electron chi connectivity index (χ4n) is 2.68. The highest BCUT2D eigenvalue weighted by molar-refractivity contribution is 5.80. The van der Waals surface area contributed by atoms with E-state index in [1.807, 2.05) is 0 Å². The van der Waals surface area contributed by atoms with Crippen LogP contribution in [0.3, 0.4) is 0 Å². The van der Waals surface area contributed by atoms with Gasteiger partial charge in [-0.1, -0.05) is 0 Å². The normalized spacial score (nSPS) is 29.9. The van der Waals surface area contributed by atoms with Crippen LogP contribution in [0, 0.1) is 5.41 Å². The molecule has 0 aromatic carbocycles. The molecule has 2 aliphatic carbocycles. The second kappa shape index (κ2) is 2.90. The predicted molar refractivity (Wildman–Crippen MR) is 47.4 cm³/mol. The van der Waals surface area contributed by atoms with E-state index >= 15 is 0 Å². The smallest absolute Gasteiger partial charge is 0.315 e. The van der Waals surface area contributed by atoms with Gasteiger partial charge in [0.2, 0.25) is 0 Å². The van der Waals surface area contributed by atoms with Gasteiger partial charge in [0.15, 0.2) is 0 Å². The summed E-state index contributed by atoms with van der Waals surface area (Å²) < 4.78 is 30.3. The van der Waals surface area contributed by atoms with Crippen molar-refractivity contribution in [3.8, 4) is 0 Å². The van der Waals surface area contributed by atoms with Crippen molar-refractivity contribution < 1.29 is 23.4 Å². The third-order valence-corrected chi connectivity index (χ3v) is 3.77. The summed E-state index contributed by atoms with van der Waals surface area (Å²) in [7, 11) is 1.17. The van der Waals surface area contributed by atoms with Gasteiger partial charge in [-0.05, 0) is 19.3 Å². The van der Waals surface area contributed by atoms with Crippen molar-refractivity contribution in [1.82, 2.24) is 0 Å². The first kappa shape index (κ1) is 10.8. The molecule has 0 aromatic rings. The number of halogens is 2. The highest BCUT2D eigenvalue weighted by Crippen LogP contribution is 2.63. The largest absolute Gasteiger partial charge is 0.469 e. The Bertz CT molecular complexity index is 289. The van der Waals surface area contributed by atoms with E-state index in [-0.39, 0.29) is 0 Å². The van der Waals surface area contributed by atoms with Crippen molar-refractivity contribution in [3.63, 3.8) is 0 Å². The molecule has 2 fully saturated rings. The van der Waals surface area contributed by atoms with Gasteiger partial charge in [-0.15, -0.1) is 0 Å². The number of esters is 1. The second-order valence-corrected chi connectivity index (χ2v) is 4.67. The molecule has 2 aliphatic rings. The third kappa shape index (κ3) is 1.29. The van der Waals surface area contributed by atoms with E-state index in [9.17, 15) is 18.7 Å². The van der Waals surface area contributed by atoms with E-state index in [1.54, 1.807) is 0 Å².